The van der Waals surface area contributed by atoms with Gasteiger partial charge in [-0.3, -0.25) is 9.59 Å². The van der Waals surface area contributed by atoms with Crippen LogP contribution in [0.2, 0.25) is 0 Å². The second-order valence-corrected chi connectivity index (χ2v) is 8.58. The van der Waals surface area contributed by atoms with Gasteiger partial charge in [0.2, 0.25) is 0 Å². The summed E-state index contributed by atoms with van der Waals surface area (Å²) in [5.74, 6) is 1.19. The maximum Gasteiger partial charge on any atom is 0.302 e. The lowest BCUT2D eigenvalue weighted by Crippen LogP contribution is -2.43. The van der Waals surface area contributed by atoms with Crippen molar-refractivity contribution in [1.29, 1.82) is 0 Å². The lowest BCUT2D eigenvalue weighted by Gasteiger charge is -2.52. The van der Waals surface area contributed by atoms with Crippen molar-refractivity contribution in [2.24, 2.45) is 11.3 Å². The van der Waals surface area contributed by atoms with E-state index in [9.17, 15) is 9.59 Å². The van der Waals surface area contributed by atoms with Gasteiger partial charge in [-0.2, -0.15) is 0 Å². The number of carbonyl (C=O) groups is 2. The molecule has 3 heteroatoms. The number of hydrogen-bond acceptors (Lipinski definition) is 3. The summed E-state index contributed by atoms with van der Waals surface area (Å²) >= 11 is 0. The predicted molar refractivity (Wildman–Crippen MR) is 101 cm³/mol. The van der Waals surface area contributed by atoms with Crippen molar-refractivity contribution in [2.45, 2.75) is 71.3 Å². The van der Waals surface area contributed by atoms with E-state index in [4.69, 9.17) is 4.74 Å². The Kier molecular flexibility index (Phi) is 4.29. The maximum atomic E-state index is 11.7. The fourth-order valence-electron chi connectivity index (χ4n) is 5.73. The Labute approximate surface area is 155 Å². The quantitative estimate of drug-likeness (QED) is 0.428. The van der Waals surface area contributed by atoms with Gasteiger partial charge in [0.1, 0.15) is 6.10 Å². The zero-order valence-electron chi connectivity index (χ0n) is 16.0. The van der Waals surface area contributed by atoms with E-state index >= 15 is 0 Å². The molecule has 4 rings (SSSR count). The minimum Gasteiger partial charge on any atom is -0.462 e. The van der Waals surface area contributed by atoms with Crippen LogP contribution in [-0.2, 0) is 16.0 Å². The van der Waals surface area contributed by atoms with Gasteiger partial charge in [0, 0.05) is 18.9 Å². The molecule has 4 atom stereocenters. The van der Waals surface area contributed by atoms with Crippen LogP contribution in [0.25, 0.3) is 0 Å². The van der Waals surface area contributed by atoms with Crippen LogP contribution >= 0.6 is 0 Å². The molecule has 0 heterocycles. The molecule has 0 aromatic heterocycles. The first-order chi connectivity index (χ1) is 12.4. The summed E-state index contributed by atoms with van der Waals surface area (Å²) in [7, 11) is 0. The Bertz CT molecular complexity index is 791. The second-order valence-electron chi connectivity index (χ2n) is 8.58. The smallest absolute Gasteiger partial charge is 0.302 e. The Morgan fingerprint density at radius 2 is 2.00 bits per heavy atom. The summed E-state index contributed by atoms with van der Waals surface area (Å²) in [6.45, 7) is 5.58. The topological polar surface area (TPSA) is 43.4 Å². The number of allylic oxidation sites excluding steroid dienone is 1. The van der Waals surface area contributed by atoms with Gasteiger partial charge < -0.3 is 4.74 Å². The average molecular weight is 352 g/mol. The van der Waals surface area contributed by atoms with E-state index in [2.05, 4.69) is 25.1 Å². The Morgan fingerprint density at radius 1 is 1.19 bits per heavy atom. The standard InChI is InChI=1S/C23H28O3/c1-14(24)16-4-7-20-17(12-16)5-9-22-21(20)8-6-18-13-19(26-15(2)25)10-11-23(18,22)3/h4,6-7,12,19,21-22H,5,8-11,13H2,1-3H3/t19-,21-,22-,23-/m0/s1. The zero-order chi connectivity index (χ0) is 18.5. The number of esters is 1. The van der Waals surface area contributed by atoms with Crippen molar-refractivity contribution in [2.75, 3.05) is 0 Å². The van der Waals surface area contributed by atoms with Crippen molar-refractivity contribution in [1.82, 2.24) is 0 Å². The number of rotatable bonds is 2. The number of benzene rings is 1. The molecule has 0 unspecified atom stereocenters. The number of hydrogen-bond donors (Lipinski definition) is 0. The van der Waals surface area contributed by atoms with Crippen LogP contribution in [0.15, 0.2) is 29.8 Å². The van der Waals surface area contributed by atoms with Crippen LogP contribution in [0.1, 0.15) is 80.3 Å². The van der Waals surface area contributed by atoms with E-state index in [0.717, 1.165) is 37.7 Å². The average Bonchev–Trinajstić information content (AvgIpc) is 2.60. The van der Waals surface area contributed by atoms with Crippen molar-refractivity contribution in [3.8, 4) is 0 Å². The highest BCUT2D eigenvalue weighted by atomic mass is 16.5. The van der Waals surface area contributed by atoms with Gasteiger partial charge in [-0.05, 0) is 73.5 Å². The highest BCUT2D eigenvalue weighted by molar-refractivity contribution is 5.94. The monoisotopic (exact) mass is 352 g/mol. The number of aryl methyl sites for hydroxylation is 1. The predicted octanol–water partition coefficient (Wildman–Crippen LogP) is 4.99. The summed E-state index contributed by atoms with van der Waals surface area (Å²) < 4.78 is 5.50. The maximum absolute atomic E-state index is 11.7. The number of carbonyl (C=O) groups excluding carboxylic acids is 2. The largest absolute Gasteiger partial charge is 0.462 e. The molecule has 0 aliphatic heterocycles. The Hall–Kier alpha value is -1.90. The number of ketones is 1. The second kappa shape index (κ2) is 6.37. The highest BCUT2D eigenvalue weighted by Crippen LogP contribution is 2.58. The molecule has 1 aromatic rings. The highest BCUT2D eigenvalue weighted by Gasteiger charge is 2.48. The van der Waals surface area contributed by atoms with Gasteiger partial charge >= 0.3 is 5.97 Å². The van der Waals surface area contributed by atoms with E-state index in [-0.39, 0.29) is 23.3 Å². The third-order valence-electron chi connectivity index (χ3n) is 7.10. The van der Waals surface area contributed by atoms with Crippen molar-refractivity contribution >= 4 is 11.8 Å². The molecule has 3 aliphatic rings. The van der Waals surface area contributed by atoms with Crippen molar-refractivity contribution in [3.05, 3.63) is 46.5 Å². The number of ether oxygens (including phenoxy) is 1. The van der Waals surface area contributed by atoms with Gasteiger partial charge in [-0.25, -0.2) is 0 Å². The molecular weight excluding hydrogens is 324 g/mol. The molecule has 1 saturated carbocycles. The summed E-state index contributed by atoms with van der Waals surface area (Å²) in [6.07, 6.45) is 8.75. The summed E-state index contributed by atoms with van der Waals surface area (Å²) in [4.78, 5) is 23.0. The first-order valence-corrected chi connectivity index (χ1v) is 9.89. The van der Waals surface area contributed by atoms with Gasteiger partial charge in [-0.1, -0.05) is 30.7 Å². The molecule has 3 nitrogen and oxygen atoms in total. The molecule has 26 heavy (non-hydrogen) atoms. The minimum atomic E-state index is -0.166. The third kappa shape index (κ3) is 2.82. The lowest BCUT2D eigenvalue weighted by atomic mass is 9.53. The summed E-state index contributed by atoms with van der Waals surface area (Å²) in [5, 5.41) is 0. The Balaban J connectivity index is 1.63. The molecule has 1 aromatic carbocycles. The molecule has 0 N–H and O–H groups in total. The molecule has 0 saturated heterocycles. The first-order valence-electron chi connectivity index (χ1n) is 9.89. The van der Waals surface area contributed by atoms with Gasteiger partial charge in [-0.15, -0.1) is 0 Å². The van der Waals surface area contributed by atoms with Gasteiger partial charge in [0.25, 0.3) is 0 Å². The SMILES string of the molecule is CC(=O)O[C@H]1CC[C@@]2(C)C(=CC[C@H]3c4ccc(C(C)=O)cc4CC[C@@H]32)C1. The van der Waals surface area contributed by atoms with Crippen LogP contribution in [0.3, 0.4) is 0 Å². The van der Waals surface area contributed by atoms with Gasteiger partial charge in [0.15, 0.2) is 5.78 Å². The van der Waals surface area contributed by atoms with Gasteiger partial charge in [0.05, 0.1) is 0 Å². The van der Waals surface area contributed by atoms with Crippen molar-refractivity contribution in [3.63, 3.8) is 0 Å². The summed E-state index contributed by atoms with van der Waals surface area (Å²) in [5.41, 5.74) is 5.37. The van der Waals surface area contributed by atoms with E-state index in [1.54, 1.807) is 6.92 Å². The molecule has 0 radical (unpaired) electrons. The third-order valence-corrected chi connectivity index (χ3v) is 7.10. The number of fused-ring (bicyclic) bond motifs is 5. The molecule has 138 valence electrons. The van der Waals surface area contributed by atoms with Crippen LogP contribution < -0.4 is 0 Å². The normalized spacial score (nSPS) is 32.6. The molecule has 1 fully saturated rings. The fourth-order valence-corrected chi connectivity index (χ4v) is 5.73. The first kappa shape index (κ1) is 17.5. The van der Waals surface area contributed by atoms with E-state index < -0.39 is 0 Å². The molecule has 0 amide bonds. The number of Topliss-reactive ketones (excluding diaryl/α,β-unsaturated/α-hetero) is 1. The van der Waals surface area contributed by atoms with Crippen LogP contribution in [0.4, 0.5) is 0 Å². The zero-order valence-corrected chi connectivity index (χ0v) is 16.0. The van der Waals surface area contributed by atoms with Crippen LogP contribution in [0.5, 0.6) is 0 Å². The molecular formula is C23H28O3. The molecule has 0 spiro atoms. The Morgan fingerprint density at radius 3 is 2.73 bits per heavy atom. The van der Waals surface area contributed by atoms with E-state index in [0.29, 0.717) is 11.8 Å². The van der Waals surface area contributed by atoms with Crippen LogP contribution in [-0.4, -0.2) is 17.9 Å². The van der Waals surface area contributed by atoms with E-state index in [1.165, 1.54) is 30.0 Å². The molecule has 3 aliphatic carbocycles. The lowest BCUT2D eigenvalue weighted by molar-refractivity contribution is -0.148. The van der Waals surface area contributed by atoms with Crippen molar-refractivity contribution < 1.29 is 14.3 Å². The minimum absolute atomic E-state index is 0.0531. The fraction of sp³-hybridized carbons (Fsp3) is 0.565. The van der Waals surface area contributed by atoms with E-state index in [1.807, 2.05) is 6.07 Å². The van der Waals surface area contributed by atoms with Crippen LogP contribution in [0, 0.1) is 11.3 Å². The summed E-state index contributed by atoms with van der Waals surface area (Å²) in [6, 6.07) is 6.32. The molecule has 0 bridgehead atoms.